The zero-order valence-corrected chi connectivity index (χ0v) is 16.0. The number of amides is 1. The Morgan fingerprint density at radius 2 is 2.00 bits per heavy atom. The van der Waals surface area contributed by atoms with Gasteiger partial charge in [0.15, 0.2) is 0 Å². The number of aromatic amines is 1. The largest absolute Gasteiger partial charge is 0.361 e. The molecule has 1 saturated heterocycles. The molecule has 3 aromatic rings. The van der Waals surface area contributed by atoms with Crippen molar-refractivity contribution in [3.63, 3.8) is 0 Å². The Kier molecular flexibility index (Phi) is 4.57. The second kappa shape index (κ2) is 6.90. The molecular weight excluding hydrogens is 386 g/mol. The van der Waals surface area contributed by atoms with E-state index in [1.165, 1.54) is 10.4 Å². The lowest BCUT2D eigenvalue weighted by molar-refractivity contribution is 0.102. The molecule has 0 atom stereocenters. The molecule has 6 nitrogen and oxygen atoms in total. The van der Waals surface area contributed by atoms with Crippen LogP contribution in [0.25, 0.3) is 10.9 Å². The molecule has 2 heterocycles. The molecular formula is C19H18ClN3O3S. The topological polar surface area (TPSA) is 82.3 Å². The lowest BCUT2D eigenvalue weighted by Gasteiger charge is -2.29. The Hall–Kier alpha value is -2.51. The Balaban J connectivity index is 1.66. The van der Waals surface area contributed by atoms with E-state index >= 15 is 0 Å². The van der Waals surface area contributed by atoms with Gasteiger partial charge in [-0.3, -0.25) is 9.10 Å². The molecule has 1 fully saturated rings. The van der Waals surface area contributed by atoms with Crippen LogP contribution in [0.5, 0.6) is 0 Å². The first-order valence-electron chi connectivity index (χ1n) is 8.63. The van der Waals surface area contributed by atoms with Crippen molar-refractivity contribution in [1.82, 2.24) is 4.98 Å². The molecule has 0 unspecified atom stereocenters. The minimum atomic E-state index is -3.41. The number of nitrogens with one attached hydrogen (secondary N) is 2. The van der Waals surface area contributed by atoms with E-state index in [-0.39, 0.29) is 11.7 Å². The third-order valence-corrected chi connectivity index (χ3v) is 6.84. The van der Waals surface area contributed by atoms with Crippen LogP contribution in [0.1, 0.15) is 23.2 Å². The normalized spacial score (nSPS) is 16.4. The summed E-state index contributed by atoms with van der Waals surface area (Å²) in [6.45, 7) is 0.371. The van der Waals surface area contributed by atoms with Crippen LogP contribution in [0.2, 0.25) is 5.02 Å². The molecule has 0 bridgehead atoms. The fraction of sp³-hybridized carbons (Fsp3) is 0.211. The first-order chi connectivity index (χ1) is 13.0. The van der Waals surface area contributed by atoms with E-state index < -0.39 is 10.0 Å². The van der Waals surface area contributed by atoms with Gasteiger partial charge in [-0.1, -0.05) is 17.7 Å². The molecule has 8 heteroatoms. The summed E-state index contributed by atoms with van der Waals surface area (Å²) in [5.41, 5.74) is 2.30. The molecule has 27 heavy (non-hydrogen) atoms. The van der Waals surface area contributed by atoms with Crippen LogP contribution in [0.4, 0.5) is 11.4 Å². The second-order valence-electron chi connectivity index (χ2n) is 6.46. The standard InChI is InChI=1S/C19H18ClN3O3S/c20-15-7-6-13(12-18(15)23-10-1-2-11-27(23,25)26)19(24)22-17-5-3-4-16-14(17)8-9-21-16/h3-9,12,21H,1-2,10-11H2,(H,22,24). The molecule has 140 valence electrons. The first kappa shape index (κ1) is 17.9. The molecule has 0 saturated carbocycles. The van der Waals surface area contributed by atoms with Crippen molar-refractivity contribution in [3.05, 3.63) is 59.2 Å². The SMILES string of the molecule is O=C(Nc1cccc2[nH]ccc12)c1ccc(Cl)c(N2CCCCS2(=O)=O)c1. The van der Waals surface area contributed by atoms with Gasteiger partial charge in [0.05, 0.1) is 22.2 Å². The Morgan fingerprint density at radius 3 is 2.81 bits per heavy atom. The van der Waals surface area contributed by atoms with Crippen LogP contribution in [-0.4, -0.2) is 31.6 Å². The van der Waals surface area contributed by atoms with E-state index in [0.29, 0.717) is 34.9 Å². The second-order valence-corrected chi connectivity index (χ2v) is 8.88. The summed E-state index contributed by atoms with van der Waals surface area (Å²) in [5.74, 6) is -0.231. The van der Waals surface area contributed by atoms with Crippen LogP contribution in [0.3, 0.4) is 0 Å². The first-order valence-corrected chi connectivity index (χ1v) is 10.6. The molecule has 2 N–H and O–H groups in total. The van der Waals surface area contributed by atoms with Crippen molar-refractivity contribution in [2.75, 3.05) is 21.9 Å². The van der Waals surface area contributed by atoms with E-state index in [1.807, 2.05) is 30.5 Å². The van der Waals surface area contributed by atoms with Crippen LogP contribution in [-0.2, 0) is 10.0 Å². The smallest absolute Gasteiger partial charge is 0.255 e. The van der Waals surface area contributed by atoms with Crippen LogP contribution in [0.15, 0.2) is 48.7 Å². The molecule has 1 aliphatic heterocycles. The van der Waals surface area contributed by atoms with Gasteiger partial charge in [-0.2, -0.15) is 0 Å². The average Bonchev–Trinajstić information content (AvgIpc) is 3.12. The summed E-state index contributed by atoms with van der Waals surface area (Å²) in [7, 11) is -3.41. The van der Waals surface area contributed by atoms with E-state index in [9.17, 15) is 13.2 Å². The van der Waals surface area contributed by atoms with Gasteiger partial charge in [-0.05, 0) is 49.2 Å². The highest BCUT2D eigenvalue weighted by molar-refractivity contribution is 7.92. The van der Waals surface area contributed by atoms with E-state index in [0.717, 1.165) is 17.3 Å². The Bertz CT molecular complexity index is 1120. The van der Waals surface area contributed by atoms with Crippen molar-refractivity contribution in [1.29, 1.82) is 0 Å². The number of anilines is 2. The lowest BCUT2D eigenvalue weighted by atomic mass is 10.1. The lowest BCUT2D eigenvalue weighted by Crippen LogP contribution is -2.38. The van der Waals surface area contributed by atoms with Crippen molar-refractivity contribution in [2.45, 2.75) is 12.8 Å². The van der Waals surface area contributed by atoms with Crippen molar-refractivity contribution in [3.8, 4) is 0 Å². The number of nitrogens with zero attached hydrogens (tertiary/aromatic N) is 1. The highest BCUT2D eigenvalue weighted by Crippen LogP contribution is 2.32. The van der Waals surface area contributed by atoms with Gasteiger partial charge >= 0.3 is 0 Å². The molecule has 1 aliphatic rings. The number of sulfonamides is 1. The predicted molar refractivity (Wildman–Crippen MR) is 108 cm³/mol. The molecule has 1 aromatic heterocycles. The maximum atomic E-state index is 12.8. The number of carbonyl (C=O) groups is 1. The summed E-state index contributed by atoms with van der Waals surface area (Å²) in [4.78, 5) is 15.9. The minimum Gasteiger partial charge on any atom is -0.361 e. The number of rotatable bonds is 3. The third-order valence-electron chi connectivity index (χ3n) is 4.67. The summed E-state index contributed by atoms with van der Waals surface area (Å²) < 4.78 is 26.1. The minimum absolute atomic E-state index is 0.0925. The number of fused-ring (bicyclic) bond motifs is 1. The molecule has 2 aromatic carbocycles. The maximum absolute atomic E-state index is 12.8. The average molecular weight is 404 g/mol. The van der Waals surface area contributed by atoms with Crippen molar-refractivity contribution in [2.24, 2.45) is 0 Å². The van der Waals surface area contributed by atoms with E-state index in [2.05, 4.69) is 10.3 Å². The fourth-order valence-corrected chi connectivity index (χ4v) is 5.21. The Morgan fingerprint density at radius 1 is 1.15 bits per heavy atom. The molecule has 0 spiro atoms. The van der Waals surface area contributed by atoms with Gasteiger partial charge in [0.2, 0.25) is 10.0 Å². The van der Waals surface area contributed by atoms with E-state index in [4.69, 9.17) is 11.6 Å². The van der Waals surface area contributed by atoms with Crippen LogP contribution >= 0.6 is 11.6 Å². The molecule has 1 amide bonds. The number of hydrogen-bond acceptors (Lipinski definition) is 3. The van der Waals surface area contributed by atoms with Gasteiger partial charge in [0.1, 0.15) is 0 Å². The Labute approximate surface area is 162 Å². The van der Waals surface area contributed by atoms with Gasteiger partial charge in [-0.15, -0.1) is 0 Å². The monoisotopic (exact) mass is 403 g/mol. The van der Waals surface area contributed by atoms with Crippen molar-refractivity contribution >= 4 is 49.8 Å². The number of aromatic nitrogens is 1. The van der Waals surface area contributed by atoms with Crippen molar-refractivity contribution < 1.29 is 13.2 Å². The van der Waals surface area contributed by atoms with Gasteiger partial charge < -0.3 is 10.3 Å². The number of halogens is 1. The van der Waals surface area contributed by atoms with Crippen LogP contribution in [0, 0.1) is 0 Å². The molecule has 4 rings (SSSR count). The summed E-state index contributed by atoms with van der Waals surface area (Å²) in [5, 5.41) is 4.10. The van der Waals surface area contributed by atoms with E-state index in [1.54, 1.807) is 12.1 Å². The number of hydrogen-bond donors (Lipinski definition) is 2. The zero-order valence-electron chi connectivity index (χ0n) is 14.4. The highest BCUT2D eigenvalue weighted by Gasteiger charge is 2.28. The quantitative estimate of drug-likeness (QED) is 0.693. The summed E-state index contributed by atoms with van der Waals surface area (Å²) in [6, 6.07) is 12.2. The molecule has 0 radical (unpaired) electrons. The van der Waals surface area contributed by atoms with Crippen LogP contribution < -0.4 is 9.62 Å². The molecule has 0 aliphatic carbocycles. The number of H-pyrrole nitrogens is 1. The number of benzene rings is 2. The predicted octanol–water partition coefficient (Wildman–Crippen LogP) is 4.00. The summed E-state index contributed by atoms with van der Waals surface area (Å²) >= 11 is 6.24. The fourth-order valence-electron chi connectivity index (χ4n) is 3.29. The number of carbonyl (C=O) groups excluding carboxylic acids is 1. The van der Waals surface area contributed by atoms with Gasteiger partial charge in [-0.25, -0.2) is 8.42 Å². The van der Waals surface area contributed by atoms with Gasteiger partial charge in [0, 0.05) is 29.2 Å². The third kappa shape index (κ3) is 3.40. The summed E-state index contributed by atoms with van der Waals surface area (Å²) in [6.07, 6.45) is 3.21. The maximum Gasteiger partial charge on any atom is 0.255 e. The van der Waals surface area contributed by atoms with Gasteiger partial charge in [0.25, 0.3) is 5.91 Å². The highest BCUT2D eigenvalue weighted by atomic mass is 35.5. The zero-order chi connectivity index (χ0) is 19.0.